The minimum absolute atomic E-state index is 0.632. The minimum atomic E-state index is 0.632. The van der Waals surface area contributed by atoms with E-state index in [1.165, 1.54) is 25.7 Å². The van der Waals surface area contributed by atoms with Crippen molar-refractivity contribution in [2.24, 2.45) is 16.8 Å². The summed E-state index contributed by atoms with van der Waals surface area (Å²) in [5.41, 5.74) is 0.844. The fraction of sp³-hybridized carbons (Fsp3) is 0.667. The van der Waals surface area contributed by atoms with Crippen LogP contribution < -0.4 is 0 Å². The largest absolute Gasteiger partial charge is 0.262 e. The number of nitrogens with zero attached hydrogens (tertiary/aromatic N) is 1. The van der Waals surface area contributed by atoms with Gasteiger partial charge in [-0.25, -0.2) is 0 Å². The van der Waals surface area contributed by atoms with Crippen molar-refractivity contribution < 1.29 is 0 Å². The van der Waals surface area contributed by atoms with E-state index >= 15 is 0 Å². The van der Waals surface area contributed by atoms with Gasteiger partial charge in [0.25, 0.3) is 0 Å². The summed E-state index contributed by atoms with van der Waals surface area (Å²) >= 11 is 0. The van der Waals surface area contributed by atoms with Crippen molar-refractivity contribution >= 4 is 6.21 Å². The van der Waals surface area contributed by atoms with Crippen LogP contribution in [0.15, 0.2) is 29.4 Å². The molecular formula is C15H27N. The summed E-state index contributed by atoms with van der Waals surface area (Å²) in [5, 5.41) is 0. The molecule has 0 amide bonds. The maximum atomic E-state index is 4.11. The van der Waals surface area contributed by atoms with Gasteiger partial charge in [0.15, 0.2) is 0 Å². The molecule has 0 bridgehead atoms. The highest BCUT2D eigenvalue weighted by Gasteiger charge is 2.01. The Morgan fingerprint density at radius 3 is 2.56 bits per heavy atom. The van der Waals surface area contributed by atoms with Crippen molar-refractivity contribution in [2.45, 2.75) is 53.4 Å². The SMILES string of the molecule is C=C(/C=C\C(C)CCCC(C)CC)N=CC. The summed E-state index contributed by atoms with van der Waals surface area (Å²) in [6, 6.07) is 0. The third-order valence-electron chi connectivity index (χ3n) is 2.97. The molecule has 0 radical (unpaired) electrons. The maximum Gasteiger partial charge on any atom is 0.0550 e. The second-order valence-corrected chi connectivity index (χ2v) is 4.66. The quantitative estimate of drug-likeness (QED) is 0.404. The van der Waals surface area contributed by atoms with Gasteiger partial charge in [0.2, 0.25) is 0 Å². The molecule has 0 aromatic carbocycles. The van der Waals surface area contributed by atoms with E-state index in [-0.39, 0.29) is 0 Å². The first-order valence-electron chi connectivity index (χ1n) is 6.45. The monoisotopic (exact) mass is 221 g/mol. The number of hydrogen-bond acceptors (Lipinski definition) is 1. The van der Waals surface area contributed by atoms with Gasteiger partial charge in [-0.3, -0.25) is 4.99 Å². The first-order chi connectivity index (χ1) is 7.60. The van der Waals surface area contributed by atoms with Crippen LogP contribution in [0.2, 0.25) is 0 Å². The lowest BCUT2D eigenvalue weighted by molar-refractivity contribution is 0.462. The van der Waals surface area contributed by atoms with Gasteiger partial charge in [-0.15, -0.1) is 0 Å². The van der Waals surface area contributed by atoms with Crippen molar-refractivity contribution in [3.8, 4) is 0 Å². The highest BCUT2D eigenvalue weighted by atomic mass is 14.7. The molecule has 1 heteroatoms. The Morgan fingerprint density at radius 2 is 2.00 bits per heavy atom. The van der Waals surface area contributed by atoms with Crippen LogP contribution >= 0.6 is 0 Å². The Kier molecular flexibility index (Phi) is 8.88. The van der Waals surface area contributed by atoms with Crippen molar-refractivity contribution in [3.05, 3.63) is 24.4 Å². The summed E-state index contributed by atoms with van der Waals surface area (Å²) < 4.78 is 0. The van der Waals surface area contributed by atoms with Gasteiger partial charge < -0.3 is 0 Å². The molecule has 16 heavy (non-hydrogen) atoms. The van der Waals surface area contributed by atoms with Crippen molar-refractivity contribution in [3.63, 3.8) is 0 Å². The van der Waals surface area contributed by atoms with Crippen molar-refractivity contribution in [2.75, 3.05) is 0 Å². The maximum absolute atomic E-state index is 4.11. The predicted octanol–water partition coefficient (Wildman–Crippen LogP) is 5.00. The van der Waals surface area contributed by atoms with E-state index in [9.17, 15) is 0 Å². The van der Waals surface area contributed by atoms with E-state index in [1.807, 2.05) is 13.0 Å². The van der Waals surface area contributed by atoms with Crippen LogP contribution in [0.4, 0.5) is 0 Å². The molecule has 0 saturated heterocycles. The zero-order valence-corrected chi connectivity index (χ0v) is 11.4. The summed E-state index contributed by atoms with van der Waals surface area (Å²) in [6.07, 6.45) is 11.3. The van der Waals surface area contributed by atoms with Gasteiger partial charge in [0.05, 0.1) is 5.70 Å². The molecule has 0 spiro atoms. The summed E-state index contributed by atoms with van der Waals surface area (Å²) in [6.45, 7) is 12.6. The van der Waals surface area contributed by atoms with Gasteiger partial charge in [-0.05, 0) is 31.3 Å². The molecule has 2 atom stereocenters. The molecule has 0 rings (SSSR count). The van der Waals surface area contributed by atoms with Crippen molar-refractivity contribution in [1.29, 1.82) is 0 Å². The Morgan fingerprint density at radius 1 is 1.31 bits per heavy atom. The van der Waals surface area contributed by atoms with Crippen LogP contribution in [-0.4, -0.2) is 6.21 Å². The van der Waals surface area contributed by atoms with E-state index in [2.05, 4.69) is 38.4 Å². The third kappa shape index (κ3) is 8.46. The smallest absolute Gasteiger partial charge is 0.0550 e. The van der Waals surface area contributed by atoms with Gasteiger partial charge in [0.1, 0.15) is 0 Å². The molecule has 0 aliphatic rings. The molecule has 0 saturated carbocycles. The minimum Gasteiger partial charge on any atom is -0.262 e. The van der Waals surface area contributed by atoms with Crippen molar-refractivity contribution in [1.82, 2.24) is 0 Å². The highest BCUT2D eigenvalue weighted by molar-refractivity contribution is 5.55. The van der Waals surface area contributed by atoms with Gasteiger partial charge in [0, 0.05) is 6.21 Å². The van der Waals surface area contributed by atoms with Crippen LogP contribution in [0.1, 0.15) is 53.4 Å². The first-order valence-corrected chi connectivity index (χ1v) is 6.45. The lowest BCUT2D eigenvalue weighted by Gasteiger charge is -2.09. The molecule has 0 aliphatic heterocycles. The van der Waals surface area contributed by atoms with Crippen LogP contribution in [0.25, 0.3) is 0 Å². The zero-order valence-electron chi connectivity index (χ0n) is 11.4. The Balaban J connectivity index is 3.73. The Bertz CT molecular complexity index is 238. The first kappa shape index (κ1) is 15.2. The standard InChI is InChI=1S/C15H27N/c1-6-13(3)9-8-10-14(4)11-12-15(5)16-7-2/h7,11-14H,5-6,8-10H2,1-4H3/b12-11-,16-7?. The third-order valence-corrected chi connectivity index (χ3v) is 2.97. The van der Waals surface area contributed by atoms with Gasteiger partial charge in [-0.2, -0.15) is 0 Å². The Hall–Kier alpha value is -0.850. The molecular weight excluding hydrogens is 194 g/mol. The van der Waals surface area contributed by atoms with Crippen LogP contribution in [0.5, 0.6) is 0 Å². The van der Waals surface area contributed by atoms with Gasteiger partial charge in [-0.1, -0.05) is 52.7 Å². The molecule has 1 nitrogen and oxygen atoms in total. The molecule has 0 aliphatic carbocycles. The summed E-state index contributed by atoms with van der Waals surface area (Å²) in [4.78, 5) is 4.11. The topological polar surface area (TPSA) is 12.4 Å². The average molecular weight is 221 g/mol. The molecule has 2 unspecified atom stereocenters. The molecule has 0 aromatic rings. The zero-order chi connectivity index (χ0) is 12.4. The number of hydrogen-bond donors (Lipinski definition) is 0. The summed E-state index contributed by atoms with van der Waals surface area (Å²) in [7, 11) is 0. The predicted molar refractivity (Wildman–Crippen MR) is 74.9 cm³/mol. The van der Waals surface area contributed by atoms with Gasteiger partial charge >= 0.3 is 0 Å². The molecule has 92 valence electrons. The number of allylic oxidation sites excluding steroid dienone is 2. The molecule has 0 aromatic heterocycles. The molecule has 0 N–H and O–H groups in total. The number of aliphatic imine (C=N–C) groups is 1. The second kappa shape index (κ2) is 9.38. The normalized spacial score (nSPS) is 15.8. The van der Waals surface area contributed by atoms with E-state index < -0.39 is 0 Å². The van der Waals surface area contributed by atoms with E-state index in [0.29, 0.717) is 5.92 Å². The van der Waals surface area contributed by atoms with E-state index in [4.69, 9.17) is 0 Å². The van der Waals surface area contributed by atoms with E-state index in [0.717, 1.165) is 11.6 Å². The number of rotatable bonds is 8. The molecule has 0 heterocycles. The van der Waals surface area contributed by atoms with Crippen LogP contribution in [0.3, 0.4) is 0 Å². The average Bonchev–Trinajstić information content (AvgIpc) is 2.26. The fourth-order valence-corrected chi connectivity index (χ4v) is 1.57. The lowest BCUT2D eigenvalue weighted by Crippen LogP contribution is -1.95. The second-order valence-electron chi connectivity index (χ2n) is 4.66. The van der Waals surface area contributed by atoms with E-state index in [1.54, 1.807) is 6.21 Å². The van der Waals surface area contributed by atoms with Crippen LogP contribution in [-0.2, 0) is 0 Å². The molecule has 0 fully saturated rings. The lowest BCUT2D eigenvalue weighted by atomic mass is 9.97. The highest BCUT2D eigenvalue weighted by Crippen LogP contribution is 2.16. The Labute approximate surface area is 101 Å². The van der Waals surface area contributed by atoms with Crippen LogP contribution in [0, 0.1) is 11.8 Å². The fourth-order valence-electron chi connectivity index (χ4n) is 1.57. The summed E-state index contributed by atoms with van der Waals surface area (Å²) in [5.74, 6) is 1.50.